The van der Waals surface area contributed by atoms with Crippen LogP contribution in [0.25, 0.3) is 0 Å². The fourth-order valence-electron chi connectivity index (χ4n) is 2.18. The highest BCUT2D eigenvalue weighted by atomic mass is 35.5. The zero-order valence-electron chi connectivity index (χ0n) is 11.7. The number of hydrogen-bond acceptors (Lipinski definition) is 3. The molecule has 1 aliphatic rings. The van der Waals surface area contributed by atoms with Crippen LogP contribution in [-0.4, -0.2) is 61.4 Å². The Morgan fingerprint density at radius 3 is 2.67 bits per heavy atom. The molecule has 0 atom stereocenters. The number of halogens is 2. The van der Waals surface area contributed by atoms with Gasteiger partial charge in [0.25, 0.3) is 5.91 Å². The summed E-state index contributed by atoms with van der Waals surface area (Å²) in [6, 6.07) is 4.05. The summed E-state index contributed by atoms with van der Waals surface area (Å²) in [7, 11) is 1.46. The van der Waals surface area contributed by atoms with Gasteiger partial charge in [-0.1, -0.05) is 17.7 Å². The van der Waals surface area contributed by atoms with Crippen molar-refractivity contribution in [2.75, 3.05) is 39.8 Å². The van der Waals surface area contributed by atoms with Crippen molar-refractivity contribution in [1.29, 1.82) is 0 Å². The third kappa shape index (κ3) is 3.71. The summed E-state index contributed by atoms with van der Waals surface area (Å²) < 4.78 is 13.7. The number of hydrogen-bond donors (Lipinski definition) is 1. The molecule has 1 aliphatic heterocycles. The second-order valence-corrected chi connectivity index (χ2v) is 5.30. The van der Waals surface area contributed by atoms with E-state index in [1.165, 1.54) is 30.1 Å². The zero-order valence-corrected chi connectivity index (χ0v) is 12.5. The Kier molecular flexibility index (Phi) is 5.14. The average molecular weight is 314 g/mol. The molecule has 1 N–H and O–H groups in total. The Morgan fingerprint density at radius 2 is 2.05 bits per heavy atom. The van der Waals surface area contributed by atoms with Crippen molar-refractivity contribution in [3.8, 4) is 0 Å². The van der Waals surface area contributed by atoms with Gasteiger partial charge in [0.2, 0.25) is 5.91 Å². The minimum absolute atomic E-state index is 0.0430. The fourth-order valence-corrected chi connectivity index (χ4v) is 2.43. The minimum atomic E-state index is -0.686. The van der Waals surface area contributed by atoms with E-state index in [1.807, 2.05) is 0 Å². The minimum Gasteiger partial charge on any atom is -0.339 e. The molecular weight excluding hydrogens is 297 g/mol. The smallest absolute Gasteiger partial charge is 0.258 e. The Hall–Kier alpha value is -1.66. The van der Waals surface area contributed by atoms with E-state index >= 15 is 0 Å². The van der Waals surface area contributed by atoms with Gasteiger partial charge in [-0.25, -0.2) is 4.39 Å². The maximum Gasteiger partial charge on any atom is 0.258 e. The molecule has 2 rings (SSSR count). The summed E-state index contributed by atoms with van der Waals surface area (Å²) in [5.41, 5.74) is -0.199. The molecule has 0 radical (unpaired) electrons. The fraction of sp³-hybridized carbons (Fsp3) is 0.429. The predicted molar refractivity (Wildman–Crippen MR) is 77.8 cm³/mol. The molecule has 1 fully saturated rings. The molecule has 0 saturated carbocycles. The SMILES string of the molecule is CN(CC(=O)N1CCNCC1)C(=O)c1c(F)cccc1Cl. The van der Waals surface area contributed by atoms with Crippen LogP contribution in [0.1, 0.15) is 10.4 Å². The van der Waals surface area contributed by atoms with E-state index < -0.39 is 11.7 Å². The highest BCUT2D eigenvalue weighted by Gasteiger charge is 2.23. The summed E-state index contributed by atoms with van der Waals surface area (Å²) in [5, 5.41) is 3.19. The van der Waals surface area contributed by atoms with E-state index in [-0.39, 0.29) is 23.0 Å². The third-order valence-electron chi connectivity index (χ3n) is 3.37. The molecule has 5 nitrogen and oxygen atoms in total. The molecule has 1 saturated heterocycles. The lowest BCUT2D eigenvalue weighted by Crippen LogP contribution is -2.49. The number of likely N-dealkylation sites (N-methyl/N-ethyl adjacent to an activating group) is 1. The van der Waals surface area contributed by atoms with Crippen LogP contribution in [0.2, 0.25) is 5.02 Å². The van der Waals surface area contributed by atoms with Crippen molar-refractivity contribution in [2.45, 2.75) is 0 Å². The molecule has 0 aromatic heterocycles. The number of benzene rings is 1. The number of nitrogens with zero attached hydrogens (tertiary/aromatic N) is 2. The van der Waals surface area contributed by atoms with E-state index in [4.69, 9.17) is 11.6 Å². The highest BCUT2D eigenvalue weighted by Crippen LogP contribution is 2.20. The summed E-state index contributed by atoms with van der Waals surface area (Å²) in [5.74, 6) is -1.43. The quantitative estimate of drug-likeness (QED) is 0.905. The molecule has 0 bridgehead atoms. The Bertz CT molecular complexity index is 527. The first kappa shape index (κ1) is 15.7. The van der Waals surface area contributed by atoms with Crippen molar-refractivity contribution < 1.29 is 14.0 Å². The standard InChI is InChI=1S/C14H17ClFN3O2/c1-18(9-12(20)19-7-5-17-6-8-19)14(21)13-10(15)3-2-4-11(13)16/h2-4,17H,5-9H2,1H3. The number of piperazine rings is 1. The van der Waals surface area contributed by atoms with Gasteiger partial charge in [0.1, 0.15) is 5.82 Å². The van der Waals surface area contributed by atoms with Gasteiger partial charge in [-0.15, -0.1) is 0 Å². The molecule has 114 valence electrons. The first-order valence-electron chi connectivity index (χ1n) is 6.68. The van der Waals surface area contributed by atoms with E-state index in [0.717, 1.165) is 13.1 Å². The number of amides is 2. The van der Waals surface area contributed by atoms with Crippen LogP contribution in [0.5, 0.6) is 0 Å². The largest absolute Gasteiger partial charge is 0.339 e. The van der Waals surface area contributed by atoms with Crippen molar-refractivity contribution in [3.05, 3.63) is 34.6 Å². The molecule has 0 aliphatic carbocycles. The van der Waals surface area contributed by atoms with Gasteiger partial charge in [0.05, 0.1) is 17.1 Å². The first-order valence-corrected chi connectivity index (χ1v) is 7.06. The molecule has 7 heteroatoms. The van der Waals surface area contributed by atoms with Gasteiger partial charge < -0.3 is 15.1 Å². The molecule has 0 spiro atoms. The molecule has 1 aromatic carbocycles. The van der Waals surface area contributed by atoms with E-state index in [2.05, 4.69) is 5.32 Å². The lowest BCUT2D eigenvalue weighted by Gasteiger charge is -2.29. The van der Waals surface area contributed by atoms with Gasteiger partial charge >= 0.3 is 0 Å². The predicted octanol–water partition coefficient (Wildman–Crippen LogP) is 0.983. The van der Waals surface area contributed by atoms with Crippen LogP contribution in [0.3, 0.4) is 0 Å². The van der Waals surface area contributed by atoms with E-state index in [9.17, 15) is 14.0 Å². The summed E-state index contributed by atoms with van der Waals surface area (Å²) in [6.07, 6.45) is 0. The van der Waals surface area contributed by atoms with Crippen molar-refractivity contribution in [1.82, 2.24) is 15.1 Å². The lowest BCUT2D eigenvalue weighted by atomic mass is 10.2. The summed E-state index contributed by atoms with van der Waals surface area (Å²) >= 11 is 5.86. The third-order valence-corrected chi connectivity index (χ3v) is 3.68. The van der Waals surface area contributed by atoms with Crippen LogP contribution in [0.4, 0.5) is 4.39 Å². The highest BCUT2D eigenvalue weighted by molar-refractivity contribution is 6.33. The monoisotopic (exact) mass is 313 g/mol. The maximum absolute atomic E-state index is 13.7. The van der Waals surface area contributed by atoms with Gasteiger partial charge in [-0.05, 0) is 12.1 Å². The molecule has 2 amide bonds. The molecule has 0 unspecified atom stereocenters. The van der Waals surface area contributed by atoms with E-state index in [1.54, 1.807) is 4.90 Å². The number of nitrogens with one attached hydrogen (secondary N) is 1. The second kappa shape index (κ2) is 6.87. The molecule has 21 heavy (non-hydrogen) atoms. The van der Waals surface area contributed by atoms with Gasteiger partial charge in [-0.3, -0.25) is 9.59 Å². The Balaban J connectivity index is 2.04. The number of carbonyl (C=O) groups is 2. The topological polar surface area (TPSA) is 52.7 Å². The Morgan fingerprint density at radius 1 is 1.38 bits per heavy atom. The normalized spacial score (nSPS) is 14.9. The first-order chi connectivity index (χ1) is 10.0. The van der Waals surface area contributed by atoms with Crippen molar-refractivity contribution >= 4 is 23.4 Å². The van der Waals surface area contributed by atoms with Gasteiger partial charge in [-0.2, -0.15) is 0 Å². The Labute approximate surface area is 127 Å². The number of rotatable bonds is 3. The average Bonchev–Trinajstić information content (AvgIpc) is 2.47. The molecule has 1 heterocycles. The van der Waals surface area contributed by atoms with Crippen LogP contribution in [0.15, 0.2) is 18.2 Å². The second-order valence-electron chi connectivity index (χ2n) is 4.89. The lowest BCUT2D eigenvalue weighted by molar-refractivity contribution is -0.132. The number of carbonyl (C=O) groups excluding carboxylic acids is 2. The van der Waals surface area contributed by atoms with Crippen molar-refractivity contribution in [3.63, 3.8) is 0 Å². The van der Waals surface area contributed by atoms with Crippen LogP contribution in [-0.2, 0) is 4.79 Å². The maximum atomic E-state index is 13.7. The summed E-state index contributed by atoms with van der Waals surface area (Å²) in [4.78, 5) is 27.2. The van der Waals surface area contributed by atoms with E-state index in [0.29, 0.717) is 13.1 Å². The molecular formula is C14H17ClFN3O2. The van der Waals surface area contributed by atoms with Crippen molar-refractivity contribution in [2.24, 2.45) is 0 Å². The molecule has 1 aromatic rings. The van der Waals surface area contributed by atoms with Crippen LogP contribution in [0, 0.1) is 5.82 Å². The van der Waals surface area contributed by atoms with Crippen LogP contribution < -0.4 is 5.32 Å². The van der Waals surface area contributed by atoms with Gasteiger partial charge in [0, 0.05) is 33.2 Å². The summed E-state index contributed by atoms with van der Waals surface area (Å²) in [6.45, 7) is 2.61. The van der Waals surface area contributed by atoms with Crippen LogP contribution >= 0.6 is 11.6 Å². The zero-order chi connectivity index (χ0) is 15.4. The van der Waals surface area contributed by atoms with Gasteiger partial charge in [0.15, 0.2) is 0 Å².